The summed E-state index contributed by atoms with van der Waals surface area (Å²) in [7, 11) is -1.92. The van der Waals surface area contributed by atoms with Gasteiger partial charge in [-0.1, -0.05) is 0 Å². The van der Waals surface area contributed by atoms with Crippen LogP contribution in [-0.4, -0.2) is 61.3 Å². The molecule has 0 amide bonds. The van der Waals surface area contributed by atoms with E-state index < -0.39 is 50.9 Å². The molecule has 0 aliphatic carbocycles. The summed E-state index contributed by atoms with van der Waals surface area (Å²) >= 11 is 0. The Balaban J connectivity index is 1.24. The predicted molar refractivity (Wildman–Crippen MR) is 109 cm³/mol. The first-order valence-electron chi connectivity index (χ1n) is 10.0. The van der Waals surface area contributed by atoms with Gasteiger partial charge in [0.15, 0.2) is 17.7 Å². The van der Waals surface area contributed by atoms with Crippen molar-refractivity contribution in [3.63, 3.8) is 0 Å². The molecule has 3 aromatic rings. The lowest BCUT2D eigenvalue weighted by molar-refractivity contribution is -0.0530. The van der Waals surface area contributed by atoms with Crippen LogP contribution in [-0.2, 0) is 18.3 Å². The number of fused-ring (bicyclic) bond motifs is 1. The summed E-state index contributed by atoms with van der Waals surface area (Å²) in [6, 6.07) is 3.15. The third-order valence-corrected chi connectivity index (χ3v) is 6.62. The molecule has 4 heterocycles. The molecule has 0 bridgehead atoms. The number of hydrogen-bond donors (Lipinski definition) is 3. The van der Waals surface area contributed by atoms with Gasteiger partial charge in [0.2, 0.25) is 0 Å². The number of halogens is 2. The number of aliphatic hydroxyl groups is 2. The molecule has 0 saturated carbocycles. The van der Waals surface area contributed by atoms with Gasteiger partial charge in [-0.15, -0.1) is 0 Å². The highest BCUT2D eigenvalue weighted by molar-refractivity contribution is 7.41. The highest BCUT2D eigenvalue weighted by Gasteiger charge is 2.45. The molecular formula is C19H20F2N5O6P. The molecule has 2 saturated heterocycles. The normalized spacial score (nSPS) is 30.2. The summed E-state index contributed by atoms with van der Waals surface area (Å²) < 4.78 is 51.6. The van der Waals surface area contributed by atoms with Crippen LogP contribution < -0.4 is 5.73 Å². The molecule has 5 rings (SSSR count). The zero-order chi connectivity index (χ0) is 23.1. The quantitative estimate of drug-likeness (QED) is 0.459. The van der Waals surface area contributed by atoms with Crippen LogP contribution in [0.5, 0.6) is 0 Å². The van der Waals surface area contributed by atoms with Gasteiger partial charge >= 0.3 is 8.60 Å². The van der Waals surface area contributed by atoms with Gasteiger partial charge in [0.1, 0.15) is 41.8 Å². The minimum absolute atomic E-state index is 0.0790. The first-order valence-corrected chi connectivity index (χ1v) is 11.1. The monoisotopic (exact) mass is 483 g/mol. The maximum atomic E-state index is 14.1. The van der Waals surface area contributed by atoms with E-state index in [0.717, 1.165) is 18.2 Å². The van der Waals surface area contributed by atoms with E-state index in [1.54, 1.807) is 0 Å². The molecule has 11 nitrogen and oxygen atoms in total. The van der Waals surface area contributed by atoms with Crippen LogP contribution in [0, 0.1) is 11.6 Å². The summed E-state index contributed by atoms with van der Waals surface area (Å²) in [6.07, 6.45) is -2.29. The van der Waals surface area contributed by atoms with E-state index in [1.165, 1.54) is 17.2 Å². The zero-order valence-electron chi connectivity index (χ0n) is 17.0. The largest absolute Gasteiger partial charge is 0.387 e. The molecule has 2 fully saturated rings. The molecule has 0 spiro atoms. The van der Waals surface area contributed by atoms with Crippen molar-refractivity contribution in [3.8, 4) is 0 Å². The third kappa shape index (κ3) is 4.28. The summed E-state index contributed by atoms with van der Waals surface area (Å²) in [6.45, 7) is 0.0380. The van der Waals surface area contributed by atoms with E-state index in [2.05, 4.69) is 15.0 Å². The van der Waals surface area contributed by atoms with Crippen molar-refractivity contribution in [2.45, 2.75) is 37.1 Å². The van der Waals surface area contributed by atoms with Crippen LogP contribution in [0.4, 0.5) is 14.6 Å². The van der Waals surface area contributed by atoms with Crippen molar-refractivity contribution in [1.82, 2.24) is 19.5 Å². The molecule has 176 valence electrons. The van der Waals surface area contributed by atoms with Gasteiger partial charge in [0.05, 0.1) is 25.6 Å². The Morgan fingerprint density at radius 2 is 2.06 bits per heavy atom. The number of nitrogens with zero attached hydrogens (tertiary/aromatic N) is 4. The van der Waals surface area contributed by atoms with Crippen molar-refractivity contribution in [1.29, 1.82) is 0 Å². The topological polar surface area (TPSA) is 147 Å². The Labute approximate surface area is 187 Å². The Morgan fingerprint density at radius 1 is 1.21 bits per heavy atom. The Hall–Kier alpha value is -2.38. The highest BCUT2D eigenvalue weighted by Crippen LogP contribution is 2.50. The van der Waals surface area contributed by atoms with Crippen LogP contribution >= 0.6 is 8.60 Å². The van der Waals surface area contributed by atoms with Crippen molar-refractivity contribution >= 4 is 25.6 Å². The first kappa shape index (κ1) is 22.4. The van der Waals surface area contributed by atoms with E-state index in [0.29, 0.717) is 17.6 Å². The zero-order valence-corrected chi connectivity index (χ0v) is 17.9. The van der Waals surface area contributed by atoms with Gasteiger partial charge < -0.3 is 34.3 Å². The number of hydrogen-bond acceptors (Lipinski definition) is 10. The lowest BCUT2D eigenvalue weighted by Gasteiger charge is -2.29. The second-order valence-corrected chi connectivity index (χ2v) is 8.70. The average molecular weight is 483 g/mol. The molecule has 14 heteroatoms. The number of rotatable bonds is 5. The molecule has 2 unspecified atom stereocenters. The minimum Gasteiger partial charge on any atom is -0.387 e. The fourth-order valence-electron chi connectivity index (χ4n) is 3.75. The van der Waals surface area contributed by atoms with Crippen molar-refractivity contribution in [2.24, 2.45) is 0 Å². The van der Waals surface area contributed by atoms with Gasteiger partial charge in [-0.25, -0.2) is 23.7 Å². The first-order chi connectivity index (χ1) is 15.9. The number of aromatic nitrogens is 4. The smallest absolute Gasteiger partial charge is 0.333 e. The van der Waals surface area contributed by atoms with E-state index in [4.69, 9.17) is 24.0 Å². The van der Waals surface area contributed by atoms with Crippen LogP contribution in [0.3, 0.4) is 0 Å². The Bertz CT molecular complexity index is 1160. The summed E-state index contributed by atoms with van der Waals surface area (Å²) in [5.41, 5.74) is 6.54. The molecule has 2 aromatic heterocycles. The lowest BCUT2D eigenvalue weighted by Crippen LogP contribution is -2.33. The van der Waals surface area contributed by atoms with E-state index in [1.807, 2.05) is 0 Å². The van der Waals surface area contributed by atoms with E-state index in [9.17, 15) is 19.0 Å². The van der Waals surface area contributed by atoms with Gasteiger partial charge in [-0.3, -0.25) is 4.57 Å². The predicted octanol–water partition coefficient (Wildman–Crippen LogP) is 1.73. The average Bonchev–Trinajstić information content (AvgIpc) is 3.36. The molecule has 4 N–H and O–H groups in total. The fraction of sp³-hybridized carbons (Fsp3) is 0.421. The van der Waals surface area contributed by atoms with Gasteiger partial charge in [-0.2, -0.15) is 0 Å². The number of imidazole rings is 1. The highest BCUT2D eigenvalue weighted by atomic mass is 31.2. The number of benzene rings is 1. The molecule has 0 radical (unpaired) electrons. The molecule has 1 aromatic carbocycles. The molecular weight excluding hydrogens is 463 g/mol. The number of nitrogen functional groups attached to an aromatic ring is 1. The Morgan fingerprint density at radius 3 is 2.91 bits per heavy atom. The van der Waals surface area contributed by atoms with Crippen molar-refractivity contribution in [3.05, 3.63) is 48.1 Å². The summed E-state index contributed by atoms with van der Waals surface area (Å²) in [5, 5.41) is 21.0. The van der Waals surface area contributed by atoms with Crippen LogP contribution in [0.1, 0.15) is 24.3 Å². The fourth-order valence-corrected chi connectivity index (χ4v) is 4.90. The molecule has 2 aliphatic heterocycles. The van der Waals surface area contributed by atoms with Crippen LogP contribution in [0.15, 0.2) is 30.9 Å². The Kier molecular flexibility index (Phi) is 6.18. The van der Waals surface area contributed by atoms with Gasteiger partial charge in [-0.05, 0) is 18.2 Å². The number of ether oxygens (including phenoxy) is 1. The second-order valence-electron chi connectivity index (χ2n) is 7.53. The number of nitrogens with two attached hydrogens (primary N) is 1. The number of anilines is 1. The second kappa shape index (κ2) is 9.11. The third-order valence-electron chi connectivity index (χ3n) is 5.44. The van der Waals surface area contributed by atoms with E-state index >= 15 is 0 Å². The molecule has 6 atom stereocenters. The van der Waals surface area contributed by atoms with E-state index in [-0.39, 0.29) is 24.6 Å². The van der Waals surface area contributed by atoms with Crippen molar-refractivity contribution in [2.75, 3.05) is 18.9 Å². The maximum absolute atomic E-state index is 14.1. The SMILES string of the molecule is Nc1ncnc2c1ncn2[C@@H]1O[C@H](COP2OCCC(c3cc(F)ccc3F)O2)[C@@H](O)[C@H]1O. The summed E-state index contributed by atoms with van der Waals surface area (Å²) in [4.78, 5) is 12.1. The van der Waals surface area contributed by atoms with Crippen LogP contribution in [0.2, 0.25) is 0 Å². The molecule has 2 aliphatic rings. The van der Waals surface area contributed by atoms with Crippen LogP contribution in [0.25, 0.3) is 11.2 Å². The van der Waals surface area contributed by atoms with Crippen molar-refractivity contribution < 1.29 is 37.3 Å². The standard InChI is InChI=1S/C19H20F2N5O6P/c20-9-1-2-11(21)10(5-9)12-3-4-29-33(32-12)30-6-13-15(27)16(28)19(31-13)26-8-25-14-17(22)23-7-24-18(14)26/h1-2,5,7-8,12-13,15-16,19,27-28H,3-4,6H2,(H2,22,23,24)/t12?,13-,15-,16-,19-,33?/m1/s1. The molecule has 33 heavy (non-hydrogen) atoms. The van der Waals surface area contributed by atoms with Gasteiger partial charge in [0, 0.05) is 12.0 Å². The minimum atomic E-state index is -1.92. The number of aliphatic hydroxyl groups excluding tert-OH is 2. The van der Waals surface area contributed by atoms with Gasteiger partial charge in [0.25, 0.3) is 0 Å². The maximum Gasteiger partial charge on any atom is 0.333 e. The lowest BCUT2D eigenvalue weighted by atomic mass is 10.1. The summed E-state index contributed by atoms with van der Waals surface area (Å²) in [5.74, 6) is -0.991.